The molecule has 0 unspecified atom stereocenters. The monoisotopic (exact) mass is 389 g/mol. The van der Waals surface area contributed by atoms with E-state index in [0.29, 0.717) is 0 Å². The Morgan fingerprint density at radius 1 is 1.17 bits per heavy atom. The van der Waals surface area contributed by atoms with Crippen molar-refractivity contribution in [2.75, 3.05) is 7.11 Å². The second kappa shape index (κ2) is 7.79. The molecule has 0 spiro atoms. The molecule has 148 valence electrons. The number of hydrogen-bond acceptors (Lipinski definition) is 4. The van der Waals surface area contributed by atoms with Crippen LogP contribution in [0.1, 0.15) is 30.0 Å². The highest BCUT2D eigenvalue weighted by molar-refractivity contribution is 5.82. The lowest BCUT2D eigenvalue weighted by atomic mass is 10.0. The Bertz CT molecular complexity index is 1110. The van der Waals surface area contributed by atoms with Crippen LogP contribution in [0.3, 0.4) is 0 Å². The van der Waals surface area contributed by atoms with Crippen LogP contribution in [-0.4, -0.2) is 33.2 Å². The number of amides is 1. The molecule has 2 heterocycles. The van der Waals surface area contributed by atoms with E-state index in [1.54, 1.807) is 7.11 Å². The molecule has 0 aliphatic carbocycles. The van der Waals surface area contributed by atoms with E-state index in [9.17, 15) is 4.79 Å². The number of hydrogen-bond donors (Lipinski definition) is 3. The predicted octanol–water partition coefficient (Wildman–Crippen LogP) is 3.69. The second-order valence-electron chi connectivity index (χ2n) is 7.01. The summed E-state index contributed by atoms with van der Waals surface area (Å²) >= 11 is 0. The third-order valence-electron chi connectivity index (χ3n) is 4.97. The van der Waals surface area contributed by atoms with Gasteiger partial charge >= 0.3 is 0 Å². The van der Waals surface area contributed by atoms with Crippen LogP contribution in [0.15, 0.2) is 48.5 Å². The fourth-order valence-corrected chi connectivity index (χ4v) is 3.36. The minimum absolute atomic E-state index is 0.0859. The number of aromatic nitrogens is 4. The van der Waals surface area contributed by atoms with E-state index in [0.717, 1.165) is 45.1 Å². The topological polar surface area (TPSA) is 95.7 Å². The van der Waals surface area contributed by atoms with Gasteiger partial charge in [0.25, 0.3) is 0 Å². The fraction of sp³-hybridized carbons (Fsp3) is 0.227. The number of para-hydroxylation sites is 2. The highest BCUT2D eigenvalue weighted by atomic mass is 16.5. The lowest BCUT2D eigenvalue weighted by Gasteiger charge is -2.12. The third kappa shape index (κ3) is 3.85. The van der Waals surface area contributed by atoms with E-state index in [-0.39, 0.29) is 18.4 Å². The largest absolute Gasteiger partial charge is 0.497 e. The van der Waals surface area contributed by atoms with E-state index in [4.69, 9.17) is 4.74 Å². The Morgan fingerprint density at radius 3 is 2.66 bits per heavy atom. The number of nitrogens with zero attached hydrogens (tertiary/aromatic N) is 2. The predicted molar refractivity (Wildman–Crippen MR) is 112 cm³/mol. The van der Waals surface area contributed by atoms with Crippen LogP contribution in [0.5, 0.6) is 5.75 Å². The molecule has 2 aromatic carbocycles. The molecule has 0 bridgehead atoms. The van der Waals surface area contributed by atoms with Crippen molar-refractivity contribution < 1.29 is 9.53 Å². The zero-order valence-electron chi connectivity index (χ0n) is 16.6. The standard InChI is InChI=1S/C22H23N5O2/c1-13-17(21(27-26-13)15-8-10-16(29-3)11-9-15)12-20(28)23-14(2)22-24-18-6-4-5-7-19(18)25-22/h4-11,14H,12H2,1-3H3,(H,23,28)(H,24,25)(H,26,27)/t14-/m1/s1. The Hall–Kier alpha value is -3.61. The van der Waals surface area contributed by atoms with Crippen molar-refractivity contribution in [1.82, 2.24) is 25.5 Å². The molecule has 0 saturated heterocycles. The van der Waals surface area contributed by atoms with E-state index in [2.05, 4.69) is 25.5 Å². The average molecular weight is 389 g/mol. The van der Waals surface area contributed by atoms with E-state index in [1.807, 2.05) is 62.4 Å². The van der Waals surface area contributed by atoms with Crippen molar-refractivity contribution in [1.29, 1.82) is 0 Å². The Morgan fingerprint density at radius 2 is 1.93 bits per heavy atom. The first-order chi connectivity index (χ1) is 14.0. The minimum atomic E-state index is -0.230. The van der Waals surface area contributed by atoms with Crippen LogP contribution in [0.25, 0.3) is 22.3 Å². The summed E-state index contributed by atoms with van der Waals surface area (Å²) in [7, 11) is 1.63. The number of ether oxygens (including phenoxy) is 1. The highest BCUT2D eigenvalue weighted by Gasteiger charge is 2.19. The summed E-state index contributed by atoms with van der Waals surface area (Å²) in [6.07, 6.45) is 0.230. The number of H-pyrrole nitrogens is 2. The van der Waals surface area contributed by atoms with Crippen molar-refractivity contribution >= 4 is 16.9 Å². The van der Waals surface area contributed by atoms with Gasteiger partial charge in [0.05, 0.1) is 36.3 Å². The van der Waals surface area contributed by atoms with Gasteiger partial charge in [-0.2, -0.15) is 5.10 Å². The summed E-state index contributed by atoms with van der Waals surface area (Å²) in [5, 5.41) is 10.4. The fourth-order valence-electron chi connectivity index (χ4n) is 3.36. The molecule has 0 aliphatic heterocycles. The highest BCUT2D eigenvalue weighted by Crippen LogP contribution is 2.26. The molecule has 1 atom stereocenters. The lowest BCUT2D eigenvalue weighted by molar-refractivity contribution is -0.121. The van der Waals surface area contributed by atoms with Crippen LogP contribution < -0.4 is 10.1 Å². The molecule has 7 nitrogen and oxygen atoms in total. The van der Waals surface area contributed by atoms with Gasteiger partial charge in [0.2, 0.25) is 5.91 Å². The molecule has 4 rings (SSSR count). The van der Waals surface area contributed by atoms with E-state index in [1.165, 1.54) is 0 Å². The summed E-state index contributed by atoms with van der Waals surface area (Å²) in [4.78, 5) is 20.6. The molecule has 4 aromatic rings. The number of benzene rings is 2. The molecule has 0 aliphatic rings. The van der Waals surface area contributed by atoms with Crippen molar-refractivity contribution in [3.05, 3.63) is 65.6 Å². The van der Waals surface area contributed by atoms with Crippen molar-refractivity contribution in [2.24, 2.45) is 0 Å². The average Bonchev–Trinajstić information content (AvgIpc) is 3.32. The summed E-state index contributed by atoms with van der Waals surface area (Å²) in [5.41, 5.74) is 5.30. The quantitative estimate of drug-likeness (QED) is 0.469. The maximum atomic E-state index is 12.7. The molecular formula is C22H23N5O2. The van der Waals surface area contributed by atoms with Gasteiger partial charge in [0.15, 0.2) is 0 Å². The van der Waals surface area contributed by atoms with Gasteiger partial charge < -0.3 is 15.0 Å². The molecule has 0 saturated carbocycles. The minimum Gasteiger partial charge on any atom is -0.497 e. The van der Waals surface area contributed by atoms with Gasteiger partial charge in [0.1, 0.15) is 11.6 Å². The van der Waals surface area contributed by atoms with E-state index < -0.39 is 0 Å². The normalized spacial score (nSPS) is 12.1. The van der Waals surface area contributed by atoms with Crippen LogP contribution >= 0.6 is 0 Å². The number of carbonyl (C=O) groups excluding carboxylic acids is 1. The number of imidazole rings is 1. The van der Waals surface area contributed by atoms with Crippen molar-refractivity contribution in [3.63, 3.8) is 0 Å². The summed E-state index contributed by atoms with van der Waals surface area (Å²) < 4.78 is 5.21. The zero-order chi connectivity index (χ0) is 20.4. The number of nitrogens with one attached hydrogen (secondary N) is 3. The molecule has 1 amide bonds. The molecule has 3 N–H and O–H groups in total. The van der Waals surface area contributed by atoms with Gasteiger partial charge in [-0.3, -0.25) is 9.89 Å². The lowest BCUT2D eigenvalue weighted by Crippen LogP contribution is -2.29. The molecule has 0 fully saturated rings. The van der Waals surface area contributed by atoms with E-state index >= 15 is 0 Å². The van der Waals surface area contributed by atoms with Crippen molar-refractivity contribution in [2.45, 2.75) is 26.3 Å². The number of rotatable bonds is 6. The first-order valence-electron chi connectivity index (χ1n) is 9.47. The Balaban J connectivity index is 1.50. The number of fused-ring (bicyclic) bond motifs is 1. The first-order valence-corrected chi connectivity index (χ1v) is 9.47. The maximum absolute atomic E-state index is 12.7. The van der Waals surface area contributed by atoms with Gasteiger partial charge in [-0.05, 0) is 50.2 Å². The molecule has 2 aromatic heterocycles. The molecular weight excluding hydrogens is 366 g/mol. The number of carbonyl (C=O) groups is 1. The summed E-state index contributed by atoms with van der Waals surface area (Å²) in [6, 6.07) is 15.2. The third-order valence-corrected chi connectivity index (χ3v) is 4.97. The van der Waals surface area contributed by atoms with Gasteiger partial charge in [-0.25, -0.2) is 4.98 Å². The number of aromatic amines is 2. The van der Waals surface area contributed by atoms with Crippen LogP contribution in [0.2, 0.25) is 0 Å². The van der Waals surface area contributed by atoms with Gasteiger partial charge in [-0.1, -0.05) is 12.1 Å². The van der Waals surface area contributed by atoms with Crippen LogP contribution in [0.4, 0.5) is 0 Å². The number of methoxy groups -OCH3 is 1. The van der Waals surface area contributed by atoms with Crippen molar-refractivity contribution in [3.8, 4) is 17.0 Å². The SMILES string of the molecule is COc1ccc(-c2n[nH]c(C)c2CC(=O)N[C@H](C)c2nc3ccccc3[nH]2)cc1. The summed E-state index contributed by atoms with van der Waals surface area (Å²) in [5.74, 6) is 1.43. The first kappa shape index (κ1) is 18.7. The van der Waals surface area contributed by atoms with Gasteiger partial charge in [0, 0.05) is 16.8 Å². The smallest absolute Gasteiger partial charge is 0.225 e. The molecule has 7 heteroatoms. The van der Waals surface area contributed by atoms with Gasteiger partial charge in [-0.15, -0.1) is 0 Å². The second-order valence-corrected chi connectivity index (χ2v) is 7.01. The Kier molecular flexibility index (Phi) is 5.03. The number of aryl methyl sites for hydroxylation is 1. The molecule has 0 radical (unpaired) electrons. The summed E-state index contributed by atoms with van der Waals surface area (Å²) in [6.45, 7) is 3.84. The van der Waals surface area contributed by atoms with Crippen LogP contribution in [0, 0.1) is 6.92 Å². The maximum Gasteiger partial charge on any atom is 0.225 e. The van der Waals surface area contributed by atoms with Crippen LogP contribution in [-0.2, 0) is 11.2 Å². The Labute approximate surface area is 168 Å². The molecule has 29 heavy (non-hydrogen) atoms. The zero-order valence-corrected chi connectivity index (χ0v) is 16.6.